The molecule has 0 unspecified atom stereocenters. The Labute approximate surface area is 209 Å². The van der Waals surface area contributed by atoms with E-state index in [4.69, 9.17) is 0 Å². The summed E-state index contributed by atoms with van der Waals surface area (Å²) in [5.41, 5.74) is 2.80. The van der Waals surface area contributed by atoms with Gasteiger partial charge in [-0.15, -0.1) is 23.1 Å². The van der Waals surface area contributed by atoms with E-state index in [1.54, 1.807) is 29.6 Å². The Morgan fingerprint density at radius 2 is 1.71 bits per heavy atom. The van der Waals surface area contributed by atoms with Gasteiger partial charge in [-0.3, -0.25) is 19.7 Å². The second kappa shape index (κ2) is 11.4. The number of nitrogens with one attached hydrogen (secondary N) is 2. The number of aromatic nitrogens is 1. The minimum Gasteiger partial charge on any atom is -0.326 e. The molecule has 35 heavy (non-hydrogen) atoms. The van der Waals surface area contributed by atoms with Crippen LogP contribution in [0, 0.1) is 10.1 Å². The van der Waals surface area contributed by atoms with Crippen molar-refractivity contribution in [3.05, 3.63) is 99.9 Å². The highest BCUT2D eigenvalue weighted by Gasteiger charge is 2.12. The molecule has 0 spiro atoms. The lowest BCUT2D eigenvalue weighted by Crippen LogP contribution is -2.14. The Bertz CT molecular complexity index is 1340. The van der Waals surface area contributed by atoms with Crippen molar-refractivity contribution in [3.63, 3.8) is 0 Å². The highest BCUT2D eigenvalue weighted by Crippen LogP contribution is 2.28. The summed E-state index contributed by atoms with van der Waals surface area (Å²) in [4.78, 5) is 40.3. The van der Waals surface area contributed by atoms with Crippen LogP contribution in [0.1, 0.15) is 5.56 Å². The molecule has 3 aromatic carbocycles. The Balaban J connectivity index is 1.26. The first-order valence-electron chi connectivity index (χ1n) is 10.5. The zero-order valence-corrected chi connectivity index (χ0v) is 20.0. The lowest BCUT2D eigenvalue weighted by Gasteiger charge is -2.07. The normalized spacial score (nSPS) is 10.5. The van der Waals surface area contributed by atoms with Crippen LogP contribution in [0.5, 0.6) is 0 Å². The third-order valence-electron chi connectivity index (χ3n) is 4.82. The Kier molecular flexibility index (Phi) is 7.86. The standard InChI is InChI=1S/C25H20N4O4S2/c30-23(13-17-5-2-1-3-6-17)26-19-9-11-21(12-10-19)34-16-24(31)28-25-27-22(15-35-25)18-7-4-8-20(14-18)29(32)33/h1-12,14-15H,13,16H2,(H,26,30)(H,27,28,31). The first-order valence-corrected chi connectivity index (χ1v) is 12.4. The summed E-state index contributed by atoms with van der Waals surface area (Å²) in [7, 11) is 0. The van der Waals surface area contributed by atoms with E-state index >= 15 is 0 Å². The number of amides is 2. The number of non-ortho nitro benzene ring substituents is 1. The molecule has 1 heterocycles. The molecule has 0 radical (unpaired) electrons. The van der Waals surface area contributed by atoms with Crippen LogP contribution in [0.3, 0.4) is 0 Å². The van der Waals surface area contributed by atoms with Gasteiger partial charge in [0.2, 0.25) is 11.8 Å². The van der Waals surface area contributed by atoms with Gasteiger partial charge in [-0.25, -0.2) is 4.98 Å². The van der Waals surface area contributed by atoms with Crippen molar-refractivity contribution in [3.8, 4) is 11.3 Å². The minimum atomic E-state index is -0.457. The Morgan fingerprint density at radius 3 is 2.46 bits per heavy atom. The van der Waals surface area contributed by atoms with E-state index in [1.807, 2.05) is 42.5 Å². The zero-order chi connectivity index (χ0) is 24.6. The van der Waals surface area contributed by atoms with E-state index < -0.39 is 4.92 Å². The van der Waals surface area contributed by atoms with Gasteiger partial charge in [0.25, 0.3) is 5.69 Å². The molecule has 4 aromatic rings. The second-order valence-electron chi connectivity index (χ2n) is 7.42. The summed E-state index contributed by atoms with van der Waals surface area (Å²) in [6.07, 6.45) is 0.303. The number of nitro groups is 1. The van der Waals surface area contributed by atoms with Gasteiger partial charge in [-0.05, 0) is 29.8 Å². The number of benzene rings is 3. The molecule has 8 nitrogen and oxygen atoms in total. The molecule has 1 aromatic heterocycles. The van der Waals surface area contributed by atoms with Crippen molar-refractivity contribution in [2.75, 3.05) is 16.4 Å². The number of carbonyl (C=O) groups excluding carboxylic acids is 2. The molecule has 4 rings (SSSR count). The minimum absolute atomic E-state index is 0.0146. The maximum absolute atomic E-state index is 12.3. The van der Waals surface area contributed by atoms with E-state index in [-0.39, 0.29) is 23.3 Å². The molecular formula is C25H20N4O4S2. The van der Waals surface area contributed by atoms with Crippen molar-refractivity contribution in [1.82, 2.24) is 4.98 Å². The Hall–Kier alpha value is -4.02. The maximum atomic E-state index is 12.3. The van der Waals surface area contributed by atoms with Gasteiger partial charge in [0, 0.05) is 33.7 Å². The number of rotatable bonds is 9. The van der Waals surface area contributed by atoms with Gasteiger partial charge in [-0.2, -0.15) is 0 Å². The summed E-state index contributed by atoms with van der Waals surface area (Å²) in [6.45, 7) is 0. The number of nitro benzene ring substituents is 1. The van der Waals surface area contributed by atoms with Gasteiger partial charge >= 0.3 is 0 Å². The van der Waals surface area contributed by atoms with Crippen LogP contribution in [0.4, 0.5) is 16.5 Å². The number of hydrogen-bond donors (Lipinski definition) is 2. The van der Waals surface area contributed by atoms with Crippen LogP contribution in [0.2, 0.25) is 0 Å². The monoisotopic (exact) mass is 504 g/mol. The van der Waals surface area contributed by atoms with Crippen molar-refractivity contribution >= 4 is 51.4 Å². The number of nitrogens with zero attached hydrogens (tertiary/aromatic N) is 2. The van der Waals surface area contributed by atoms with Crippen molar-refractivity contribution < 1.29 is 14.5 Å². The molecule has 176 valence electrons. The lowest BCUT2D eigenvalue weighted by molar-refractivity contribution is -0.384. The largest absolute Gasteiger partial charge is 0.326 e. The van der Waals surface area contributed by atoms with E-state index in [0.717, 1.165) is 10.5 Å². The highest BCUT2D eigenvalue weighted by atomic mass is 32.2. The predicted octanol–water partition coefficient (Wildman–Crippen LogP) is 5.63. The van der Waals surface area contributed by atoms with Crippen molar-refractivity contribution in [2.24, 2.45) is 0 Å². The first kappa shape index (κ1) is 24.1. The van der Waals surface area contributed by atoms with Crippen LogP contribution in [0.15, 0.2) is 89.1 Å². The third kappa shape index (κ3) is 6.98. The summed E-state index contributed by atoms with van der Waals surface area (Å²) in [6, 6.07) is 23.0. The van der Waals surface area contributed by atoms with Gasteiger partial charge in [-0.1, -0.05) is 42.5 Å². The Morgan fingerprint density at radius 1 is 0.943 bits per heavy atom. The van der Waals surface area contributed by atoms with E-state index in [2.05, 4.69) is 15.6 Å². The summed E-state index contributed by atoms with van der Waals surface area (Å²) in [5.74, 6) is -0.120. The number of thioether (sulfide) groups is 1. The molecule has 0 bridgehead atoms. The molecule has 0 saturated heterocycles. The maximum Gasteiger partial charge on any atom is 0.270 e. The molecule has 10 heteroatoms. The number of carbonyl (C=O) groups is 2. The van der Waals surface area contributed by atoms with E-state index in [1.165, 1.54) is 35.2 Å². The third-order valence-corrected chi connectivity index (χ3v) is 6.59. The fourth-order valence-electron chi connectivity index (χ4n) is 3.17. The molecule has 0 fully saturated rings. The number of hydrogen-bond acceptors (Lipinski definition) is 7. The number of anilines is 2. The predicted molar refractivity (Wildman–Crippen MR) is 139 cm³/mol. The average Bonchev–Trinajstić information content (AvgIpc) is 3.32. The SMILES string of the molecule is O=C(Cc1ccccc1)Nc1ccc(SCC(=O)Nc2nc(-c3cccc([N+](=O)[O-])c3)cs2)cc1. The van der Waals surface area contributed by atoms with Gasteiger partial charge < -0.3 is 10.6 Å². The van der Waals surface area contributed by atoms with Crippen LogP contribution < -0.4 is 10.6 Å². The fourth-order valence-corrected chi connectivity index (χ4v) is 4.60. The lowest BCUT2D eigenvalue weighted by atomic mass is 10.1. The fraction of sp³-hybridized carbons (Fsp3) is 0.0800. The average molecular weight is 505 g/mol. The molecule has 0 aliphatic rings. The van der Waals surface area contributed by atoms with Crippen molar-refractivity contribution in [2.45, 2.75) is 11.3 Å². The molecule has 0 saturated carbocycles. The molecule has 0 aliphatic carbocycles. The van der Waals surface area contributed by atoms with E-state index in [0.29, 0.717) is 28.5 Å². The quantitative estimate of drug-likeness (QED) is 0.173. The molecule has 2 amide bonds. The molecule has 0 aliphatic heterocycles. The van der Waals surface area contributed by atoms with Crippen LogP contribution in [-0.2, 0) is 16.0 Å². The second-order valence-corrected chi connectivity index (χ2v) is 9.32. The topological polar surface area (TPSA) is 114 Å². The number of thiazole rings is 1. The first-order chi connectivity index (χ1) is 17.0. The summed E-state index contributed by atoms with van der Waals surface area (Å²) >= 11 is 2.62. The van der Waals surface area contributed by atoms with E-state index in [9.17, 15) is 19.7 Å². The summed E-state index contributed by atoms with van der Waals surface area (Å²) < 4.78 is 0. The molecule has 0 atom stereocenters. The van der Waals surface area contributed by atoms with Crippen LogP contribution >= 0.6 is 23.1 Å². The van der Waals surface area contributed by atoms with Gasteiger partial charge in [0.05, 0.1) is 22.8 Å². The zero-order valence-electron chi connectivity index (χ0n) is 18.3. The van der Waals surface area contributed by atoms with Gasteiger partial charge in [0.1, 0.15) is 0 Å². The van der Waals surface area contributed by atoms with Gasteiger partial charge in [0.15, 0.2) is 5.13 Å². The van der Waals surface area contributed by atoms with Crippen LogP contribution in [0.25, 0.3) is 11.3 Å². The smallest absolute Gasteiger partial charge is 0.270 e. The van der Waals surface area contributed by atoms with Crippen molar-refractivity contribution in [1.29, 1.82) is 0 Å². The molecular weight excluding hydrogens is 484 g/mol. The summed E-state index contributed by atoms with van der Waals surface area (Å²) in [5, 5.41) is 18.8. The van der Waals surface area contributed by atoms with Crippen LogP contribution in [-0.4, -0.2) is 27.5 Å². The molecule has 2 N–H and O–H groups in total. The highest BCUT2D eigenvalue weighted by molar-refractivity contribution is 8.00.